The smallest absolute Gasteiger partial charge is 0.173 e. The van der Waals surface area contributed by atoms with Crippen molar-refractivity contribution in [2.75, 3.05) is 29.1 Å². The van der Waals surface area contributed by atoms with Crippen LogP contribution in [0.4, 0.5) is 21.5 Å². The van der Waals surface area contributed by atoms with Gasteiger partial charge in [0.05, 0.1) is 17.4 Å². The number of carbonyl (C=O) groups is 1. The zero-order valence-corrected chi connectivity index (χ0v) is 17.2. The number of anilines is 3. The van der Waals surface area contributed by atoms with Crippen molar-refractivity contribution in [1.82, 2.24) is 4.98 Å². The van der Waals surface area contributed by atoms with E-state index in [9.17, 15) is 4.79 Å². The Labute approximate surface area is 175 Å². The lowest BCUT2D eigenvalue weighted by Gasteiger charge is -2.40. The van der Waals surface area contributed by atoms with Gasteiger partial charge in [-0.15, -0.1) is 0 Å². The van der Waals surface area contributed by atoms with Crippen LogP contribution >= 0.6 is 0 Å². The Kier molecular flexibility index (Phi) is 5.20. The molecule has 0 fully saturated rings. The Bertz CT molecular complexity index is 1050. The zero-order valence-electron chi connectivity index (χ0n) is 17.2. The molecule has 3 N–H and O–H groups in total. The summed E-state index contributed by atoms with van der Waals surface area (Å²) in [4.78, 5) is 18.4. The number of nitrogens with two attached hydrogens (primary N) is 1. The molecule has 0 amide bonds. The van der Waals surface area contributed by atoms with E-state index >= 15 is 4.39 Å². The van der Waals surface area contributed by atoms with Gasteiger partial charge in [0.25, 0.3) is 0 Å². The summed E-state index contributed by atoms with van der Waals surface area (Å²) in [6, 6.07) is 5.76. The van der Waals surface area contributed by atoms with E-state index in [4.69, 9.17) is 10.5 Å². The number of hydrogen-bond donors (Lipinski definition) is 2. The van der Waals surface area contributed by atoms with Gasteiger partial charge < -0.3 is 20.7 Å². The molecule has 0 saturated heterocycles. The number of ether oxygens (including phenoxy) is 1. The first kappa shape index (κ1) is 19.9. The normalized spacial score (nSPS) is 17.2. The van der Waals surface area contributed by atoms with Gasteiger partial charge in [-0.05, 0) is 44.4 Å². The van der Waals surface area contributed by atoms with Crippen molar-refractivity contribution in [3.8, 4) is 5.75 Å². The summed E-state index contributed by atoms with van der Waals surface area (Å²) in [7, 11) is 0. The number of aryl methyl sites for hydroxylation is 1. The molecule has 1 unspecified atom stereocenters. The predicted octanol–water partition coefficient (Wildman–Crippen LogP) is 3.93. The van der Waals surface area contributed by atoms with E-state index in [-0.39, 0.29) is 23.2 Å². The molecule has 156 valence electrons. The van der Waals surface area contributed by atoms with Crippen LogP contribution in [-0.2, 0) is 11.2 Å². The standard InChI is InChI=1S/C23H25FN4O2/c1-13-12-30-23-21(27-10-6-8-16-7-4-5-9-26-16)19(24)20(25)18-14(2)17(15(3)29)11-28(13)22(18)23/h4-5,7,9,11,13,27H,2,6,8,10,12,25H2,1,3H3. The summed E-state index contributed by atoms with van der Waals surface area (Å²) in [5.41, 5.74) is 9.36. The van der Waals surface area contributed by atoms with Gasteiger partial charge in [0, 0.05) is 35.8 Å². The molecule has 7 heteroatoms. The molecule has 3 heterocycles. The number of nitrogens with zero attached hydrogens (tertiary/aromatic N) is 2. The Morgan fingerprint density at radius 3 is 2.97 bits per heavy atom. The lowest BCUT2D eigenvalue weighted by molar-refractivity contribution is -0.113. The zero-order chi connectivity index (χ0) is 21.4. The van der Waals surface area contributed by atoms with Crippen molar-refractivity contribution in [3.05, 3.63) is 59.8 Å². The summed E-state index contributed by atoms with van der Waals surface area (Å²) < 4.78 is 21.2. The fourth-order valence-corrected chi connectivity index (χ4v) is 3.93. The highest BCUT2D eigenvalue weighted by Gasteiger charge is 2.37. The highest BCUT2D eigenvalue weighted by Crippen LogP contribution is 2.53. The summed E-state index contributed by atoms with van der Waals surface area (Å²) in [5.74, 6) is -0.308. The summed E-state index contributed by atoms with van der Waals surface area (Å²) in [6.45, 7) is 8.37. The number of aromatic nitrogens is 1. The van der Waals surface area contributed by atoms with E-state index in [0.29, 0.717) is 41.3 Å². The molecule has 1 aromatic heterocycles. The molecule has 2 aliphatic rings. The molecule has 0 radical (unpaired) electrons. The third-order valence-corrected chi connectivity index (χ3v) is 5.52. The molecule has 6 nitrogen and oxygen atoms in total. The molecule has 4 rings (SSSR count). The molecule has 0 bridgehead atoms. The number of Topliss-reactive ketones (excluding diaryl/α,β-unsaturated/α-hetero) is 1. The SMILES string of the molecule is C=C1C(C(C)=O)=CN2c3c(c(NCCCc4ccccn4)c(F)c(N)c31)OCC2C. The number of ketones is 1. The number of nitrogens with one attached hydrogen (secondary N) is 1. The van der Waals surface area contributed by atoms with E-state index in [2.05, 4.69) is 16.9 Å². The largest absolute Gasteiger partial charge is 0.487 e. The topological polar surface area (TPSA) is 80.5 Å². The first-order valence-electron chi connectivity index (χ1n) is 10.0. The molecule has 2 aliphatic heterocycles. The maximum Gasteiger partial charge on any atom is 0.173 e. The van der Waals surface area contributed by atoms with Gasteiger partial charge in [-0.2, -0.15) is 0 Å². The van der Waals surface area contributed by atoms with E-state index < -0.39 is 5.82 Å². The molecule has 1 atom stereocenters. The average Bonchev–Trinajstić information content (AvgIpc) is 2.73. The summed E-state index contributed by atoms with van der Waals surface area (Å²) >= 11 is 0. The molecule has 30 heavy (non-hydrogen) atoms. The lowest BCUT2D eigenvalue weighted by Crippen LogP contribution is -2.40. The number of carbonyl (C=O) groups excluding carboxylic acids is 1. The molecular formula is C23H25FN4O2. The Balaban J connectivity index is 1.67. The van der Waals surface area contributed by atoms with Gasteiger partial charge in [-0.3, -0.25) is 9.78 Å². The van der Waals surface area contributed by atoms with Crippen molar-refractivity contribution in [1.29, 1.82) is 0 Å². The van der Waals surface area contributed by atoms with Crippen LogP contribution in [0.1, 0.15) is 31.5 Å². The van der Waals surface area contributed by atoms with Crippen molar-refractivity contribution in [2.24, 2.45) is 0 Å². The van der Waals surface area contributed by atoms with E-state index in [1.165, 1.54) is 6.92 Å². The van der Waals surface area contributed by atoms with Crippen LogP contribution in [0, 0.1) is 5.82 Å². The Hall–Kier alpha value is -3.35. The average molecular weight is 408 g/mol. The second-order valence-electron chi connectivity index (χ2n) is 7.65. The lowest BCUT2D eigenvalue weighted by atomic mass is 9.88. The minimum atomic E-state index is -0.581. The third-order valence-electron chi connectivity index (χ3n) is 5.52. The van der Waals surface area contributed by atoms with Gasteiger partial charge >= 0.3 is 0 Å². The number of pyridine rings is 1. The summed E-state index contributed by atoms with van der Waals surface area (Å²) in [5, 5.41) is 3.16. The fourth-order valence-electron chi connectivity index (χ4n) is 3.93. The minimum absolute atomic E-state index is 0.0273. The Morgan fingerprint density at radius 1 is 1.47 bits per heavy atom. The number of allylic oxidation sites excluding steroid dienone is 2. The first-order valence-corrected chi connectivity index (χ1v) is 10.0. The minimum Gasteiger partial charge on any atom is -0.487 e. The van der Waals surface area contributed by atoms with Gasteiger partial charge in [-0.1, -0.05) is 12.6 Å². The monoisotopic (exact) mass is 408 g/mol. The van der Waals surface area contributed by atoms with Crippen LogP contribution in [0.15, 0.2) is 42.7 Å². The van der Waals surface area contributed by atoms with Crippen LogP contribution in [0.3, 0.4) is 0 Å². The van der Waals surface area contributed by atoms with Gasteiger partial charge in [-0.25, -0.2) is 4.39 Å². The quantitative estimate of drug-likeness (QED) is 0.557. The third kappa shape index (κ3) is 3.30. The fraction of sp³-hybridized carbons (Fsp3) is 0.304. The molecule has 1 aromatic carbocycles. The van der Waals surface area contributed by atoms with Crippen LogP contribution in [-0.4, -0.2) is 30.0 Å². The molecule has 0 saturated carbocycles. The van der Waals surface area contributed by atoms with Gasteiger partial charge in [0.2, 0.25) is 0 Å². The molecule has 0 aliphatic carbocycles. The predicted molar refractivity (Wildman–Crippen MR) is 117 cm³/mol. The summed E-state index contributed by atoms with van der Waals surface area (Å²) in [6.07, 6.45) is 5.08. The van der Waals surface area contributed by atoms with Crippen molar-refractivity contribution in [2.45, 2.75) is 32.7 Å². The van der Waals surface area contributed by atoms with E-state index in [1.54, 1.807) is 12.4 Å². The molecule has 0 spiro atoms. The van der Waals surface area contributed by atoms with Crippen molar-refractivity contribution >= 4 is 28.4 Å². The van der Waals surface area contributed by atoms with Crippen LogP contribution in [0.2, 0.25) is 0 Å². The van der Waals surface area contributed by atoms with Gasteiger partial charge in [0.15, 0.2) is 17.3 Å². The maximum absolute atomic E-state index is 15.3. The van der Waals surface area contributed by atoms with Gasteiger partial charge in [0.1, 0.15) is 12.3 Å². The van der Waals surface area contributed by atoms with Crippen molar-refractivity contribution in [3.63, 3.8) is 0 Å². The van der Waals surface area contributed by atoms with E-state index in [1.807, 2.05) is 30.0 Å². The van der Waals surface area contributed by atoms with Crippen molar-refractivity contribution < 1.29 is 13.9 Å². The van der Waals surface area contributed by atoms with Crippen LogP contribution in [0.5, 0.6) is 5.75 Å². The number of halogens is 1. The number of hydrogen-bond acceptors (Lipinski definition) is 6. The second kappa shape index (κ2) is 7.82. The highest BCUT2D eigenvalue weighted by molar-refractivity contribution is 6.14. The number of nitrogen functional groups attached to an aromatic ring is 1. The maximum atomic E-state index is 15.3. The Morgan fingerprint density at radius 2 is 2.27 bits per heavy atom. The van der Waals surface area contributed by atoms with E-state index in [0.717, 1.165) is 18.5 Å². The first-order chi connectivity index (χ1) is 14.4. The van der Waals surface area contributed by atoms with Crippen LogP contribution in [0.25, 0.3) is 5.57 Å². The highest BCUT2D eigenvalue weighted by atomic mass is 19.1. The number of rotatable bonds is 6. The number of benzene rings is 1. The molecule has 2 aromatic rings. The van der Waals surface area contributed by atoms with Crippen LogP contribution < -0.4 is 20.7 Å². The second-order valence-corrected chi connectivity index (χ2v) is 7.65. The molecular weight excluding hydrogens is 383 g/mol.